The normalized spacial score (nSPS) is 25.9. The number of aliphatic imine (C=N–C) groups is 1. The fourth-order valence-corrected chi connectivity index (χ4v) is 5.59. The molecule has 0 bridgehead atoms. The zero-order valence-electron chi connectivity index (χ0n) is 24.3. The maximum Gasteiger partial charge on any atom is 0.413 e. The lowest BCUT2D eigenvalue weighted by Crippen LogP contribution is -2.55. The van der Waals surface area contributed by atoms with Gasteiger partial charge in [0.1, 0.15) is 11.6 Å². The summed E-state index contributed by atoms with van der Waals surface area (Å²) in [5.74, 6) is 0.0181. The van der Waals surface area contributed by atoms with Gasteiger partial charge in [0.05, 0.1) is 25.9 Å². The number of nitrogens with one attached hydrogen (secondary N) is 2. The van der Waals surface area contributed by atoms with E-state index in [1.165, 1.54) is 12.8 Å². The lowest BCUT2D eigenvalue weighted by molar-refractivity contribution is -0.124. The minimum Gasteiger partial charge on any atom is -0.450 e. The van der Waals surface area contributed by atoms with Crippen LogP contribution in [0.2, 0.25) is 0 Å². The molecule has 0 aromatic rings. The Balaban J connectivity index is 1.78. The van der Waals surface area contributed by atoms with Crippen LogP contribution in [0.15, 0.2) is 4.99 Å². The third-order valence-corrected chi connectivity index (χ3v) is 7.89. The summed E-state index contributed by atoms with van der Waals surface area (Å²) >= 11 is 0. The molecule has 0 spiro atoms. The second kappa shape index (κ2) is 12.6. The average molecular weight is 533 g/mol. The quantitative estimate of drug-likeness (QED) is 0.398. The third kappa shape index (κ3) is 8.57. The summed E-state index contributed by atoms with van der Waals surface area (Å²) in [6.45, 7) is 16.2. The number of nitrogens with zero attached hydrogens (tertiary/aromatic N) is 4. The van der Waals surface area contributed by atoms with Gasteiger partial charge in [0, 0.05) is 32.2 Å². The maximum atomic E-state index is 13.8. The lowest BCUT2D eigenvalue weighted by Gasteiger charge is -2.39. The van der Waals surface area contributed by atoms with Gasteiger partial charge in [-0.3, -0.25) is 15.0 Å². The van der Waals surface area contributed by atoms with Gasteiger partial charge in [0.2, 0.25) is 11.9 Å². The number of hydrogen-bond acceptors (Lipinski definition) is 7. The van der Waals surface area contributed by atoms with Gasteiger partial charge < -0.3 is 19.7 Å². The highest BCUT2D eigenvalue weighted by Gasteiger charge is 2.44. The highest BCUT2D eigenvalue weighted by Crippen LogP contribution is 2.38. The molecule has 2 amide bonds. The molecule has 1 aliphatic carbocycles. The van der Waals surface area contributed by atoms with Gasteiger partial charge in [-0.25, -0.2) is 9.79 Å². The van der Waals surface area contributed by atoms with Gasteiger partial charge in [-0.15, -0.1) is 0 Å². The van der Waals surface area contributed by atoms with Crippen molar-refractivity contribution >= 4 is 18.0 Å². The average Bonchev–Trinajstić information content (AvgIpc) is 3.27. The van der Waals surface area contributed by atoms with Gasteiger partial charge in [-0.2, -0.15) is 5.26 Å². The summed E-state index contributed by atoms with van der Waals surface area (Å²) in [6, 6.07) is 2.12. The van der Waals surface area contributed by atoms with Crippen molar-refractivity contribution in [2.75, 3.05) is 46.0 Å². The third-order valence-electron chi connectivity index (χ3n) is 7.89. The van der Waals surface area contributed by atoms with Gasteiger partial charge in [0.25, 0.3) is 0 Å². The van der Waals surface area contributed by atoms with Crippen LogP contribution in [0.25, 0.3) is 0 Å². The molecule has 1 saturated carbocycles. The Kier molecular flexibility index (Phi) is 10.0. The number of rotatable bonds is 6. The molecular formula is C28H48N6O4. The van der Waals surface area contributed by atoms with E-state index in [4.69, 9.17) is 14.5 Å². The van der Waals surface area contributed by atoms with Crippen LogP contribution >= 0.6 is 0 Å². The molecule has 0 unspecified atom stereocenters. The number of nitriles is 1. The van der Waals surface area contributed by atoms with Crippen molar-refractivity contribution in [3.63, 3.8) is 0 Å². The SMILES string of the molecule is CCOC(=O)NC(=N[C@@H](CC(C)(C)C)C(=O)N[C@@]1(C#N)CCN(C2CCC(C)(C)CC2)C1)N1CCOCC1. The number of carbonyl (C=O) groups is 2. The highest BCUT2D eigenvalue weighted by molar-refractivity contribution is 5.96. The van der Waals surface area contributed by atoms with Gasteiger partial charge in [-0.1, -0.05) is 34.6 Å². The Morgan fingerprint density at radius 1 is 1.16 bits per heavy atom. The first-order chi connectivity index (χ1) is 17.9. The maximum absolute atomic E-state index is 13.8. The number of guanidine groups is 1. The van der Waals surface area contributed by atoms with E-state index in [0.29, 0.717) is 63.1 Å². The van der Waals surface area contributed by atoms with Crippen LogP contribution in [0, 0.1) is 22.2 Å². The standard InChI is InChI=1S/C28H48N6O4/c1-7-38-25(36)31-24(33-14-16-37-17-15-33)30-22(18-26(2,3)4)23(35)32-28(19-29)12-13-34(20-28)21-8-10-27(5,6)11-9-21/h21-22H,7-18,20H2,1-6H3,(H,32,35)(H,30,31,36)/t22-,28+/m0/s1. The molecule has 2 saturated heterocycles. The van der Waals surface area contributed by atoms with Crippen molar-refractivity contribution in [3.05, 3.63) is 0 Å². The molecule has 214 valence electrons. The molecule has 3 fully saturated rings. The summed E-state index contributed by atoms with van der Waals surface area (Å²) in [5, 5.41) is 16.1. The second-order valence-corrected chi connectivity index (χ2v) is 13.0. The van der Waals surface area contributed by atoms with Gasteiger partial charge in [-0.05, 0) is 56.3 Å². The number of hydrogen-bond donors (Lipinski definition) is 2. The fourth-order valence-electron chi connectivity index (χ4n) is 5.59. The lowest BCUT2D eigenvalue weighted by atomic mass is 9.75. The van der Waals surface area contributed by atoms with Crippen LogP contribution in [0.3, 0.4) is 0 Å². The van der Waals surface area contributed by atoms with E-state index in [-0.39, 0.29) is 17.9 Å². The molecule has 0 aromatic heterocycles. The molecule has 3 rings (SSSR count). The Bertz CT molecular complexity index is 892. The first-order valence-corrected chi connectivity index (χ1v) is 14.2. The van der Waals surface area contributed by atoms with Crippen LogP contribution in [0.5, 0.6) is 0 Å². The number of likely N-dealkylation sites (tertiary alicyclic amines) is 1. The topological polar surface area (TPSA) is 119 Å². The van der Waals surface area contributed by atoms with E-state index >= 15 is 0 Å². The molecule has 0 radical (unpaired) electrons. The molecule has 10 nitrogen and oxygen atoms in total. The summed E-state index contributed by atoms with van der Waals surface area (Å²) in [5.41, 5.74) is -0.768. The van der Waals surface area contributed by atoms with E-state index < -0.39 is 17.7 Å². The number of carbonyl (C=O) groups excluding carboxylic acids is 2. The second-order valence-electron chi connectivity index (χ2n) is 13.0. The van der Waals surface area contributed by atoms with Gasteiger partial charge >= 0.3 is 6.09 Å². The Hall–Kier alpha value is -2.38. The van der Waals surface area contributed by atoms with Crippen molar-refractivity contribution in [3.8, 4) is 6.07 Å². The van der Waals surface area contributed by atoms with Crippen molar-refractivity contribution in [1.29, 1.82) is 5.26 Å². The summed E-state index contributed by atoms with van der Waals surface area (Å²) in [6.07, 6.45) is 5.06. The first-order valence-electron chi connectivity index (χ1n) is 14.2. The Morgan fingerprint density at radius 3 is 2.39 bits per heavy atom. The Labute approximate surface area is 228 Å². The molecule has 0 aromatic carbocycles. The van der Waals surface area contributed by atoms with E-state index in [1.807, 2.05) is 4.90 Å². The predicted molar refractivity (Wildman–Crippen MR) is 147 cm³/mol. The number of amides is 2. The minimum atomic E-state index is -0.941. The molecule has 10 heteroatoms. The molecule has 2 atom stereocenters. The van der Waals surface area contributed by atoms with E-state index in [0.717, 1.165) is 19.4 Å². The Morgan fingerprint density at radius 2 is 1.82 bits per heavy atom. The largest absolute Gasteiger partial charge is 0.450 e. The van der Waals surface area contributed by atoms with Crippen LogP contribution in [0.4, 0.5) is 4.79 Å². The zero-order valence-corrected chi connectivity index (χ0v) is 24.3. The van der Waals surface area contributed by atoms with Crippen molar-refractivity contribution in [2.24, 2.45) is 15.8 Å². The molecule has 2 aliphatic heterocycles. The monoisotopic (exact) mass is 532 g/mol. The summed E-state index contributed by atoms with van der Waals surface area (Å²) in [7, 11) is 0. The van der Waals surface area contributed by atoms with Crippen LogP contribution in [-0.2, 0) is 14.3 Å². The minimum absolute atomic E-state index is 0.206. The molecule has 2 heterocycles. The van der Waals surface area contributed by atoms with E-state index in [9.17, 15) is 14.9 Å². The van der Waals surface area contributed by atoms with Crippen LogP contribution in [-0.4, -0.2) is 91.4 Å². The van der Waals surface area contributed by atoms with Crippen LogP contribution in [0.1, 0.15) is 80.1 Å². The van der Waals surface area contributed by atoms with E-state index in [1.54, 1.807) is 6.92 Å². The highest BCUT2D eigenvalue weighted by atomic mass is 16.5. The molecular weight excluding hydrogens is 484 g/mol. The van der Waals surface area contributed by atoms with Crippen molar-refractivity contribution < 1.29 is 19.1 Å². The van der Waals surface area contributed by atoms with E-state index in [2.05, 4.69) is 56.2 Å². The number of ether oxygens (including phenoxy) is 2. The number of alkyl carbamates (subject to hydrolysis) is 1. The van der Waals surface area contributed by atoms with Crippen LogP contribution < -0.4 is 10.6 Å². The van der Waals surface area contributed by atoms with Crippen molar-refractivity contribution in [1.82, 2.24) is 20.4 Å². The molecule has 38 heavy (non-hydrogen) atoms. The number of morpholine rings is 1. The zero-order chi connectivity index (χ0) is 28.0. The molecule has 3 aliphatic rings. The molecule has 2 N–H and O–H groups in total. The van der Waals surface area contributed by atoms with Crippen molar-refractivity contribution in [2.45, 2.75) is 97.7 Å². The first kappa shape index (κ1) is 30.2. The summed E-state index contributed by atoms with van der Waals surface area (Å²) < 4.78 is 10.6. The fraction of sp³-hybridized carbons (Fsp3) is 0.857. The smallest absolute Gasteiger partial charge is 0.413 e. The van der Waals surface area contributed by atoms with Gasteiger partial charge in [0.15, 0.2) is 0 Å². The summed E-state index contributed by atoms with van der Waals surface area (Å²) in [4.78, 5) is 35.2. The predicted octanol–water partition coefficient (Wildman–Crippen LogP) is 3.28.